The summed E-state index contributed by atoms with van der Waals surface area (Å²) in [5.74, 6) is 0.237. The number of rotatable bonds is 4. The first-order valence-electron chi connectivity index (χ1n) is 5.22. The molecule has 4 nitrogen and oxygen atoms in total. The van der Waals surface area contributed by atoms with Crippen molar-refractivity contribution in [1.82, 2.24) is 4.90 Å². The highest BCUT2D eigenvalue weighted by molar-refractivity contribution is 7.80. The predicted octanol–water partition coefficient (Wildman–Crippen LogP) is 0.548. The maximum absolute atomic E-state index is 10.9. The quantitative estimate of drug-likeness (QED) is 0.564. The van der Waals surface area contributed by atoms with Gasteiger partial charge in [-0.1, -0.05) is 12.2 Å². The molecule has 15 heavy (non-hydrogen) atoms. The number of thiocarbonyl (C=S) groups is 1. The molecule has 86 valence electrons. The lowest BCUT2D eigenvalue weighted by atomic mass is 9.97. The number of esters is 1. The lowest BCUT2D eigenvalue weighted by molar-refractivity contribution is -0.141. The van der Waals surface area contributed by atoms with Crippen LogP contribution in [0.15, 0.2) is 0 Å². The molecule has 0 aromatic heterocycles. The molecule has 1 aliphatic rings. The van der Waals surface area contributed by atoms with Crippen molar-refractivity contribution in [3.63, 3.8) is 0 Å². The third-order valence-electron chi connectivity index (χ3n) is 2.85. The highest BCUT2D eigenvalue weighted by Gasteiger charge is 2.21. The second kappa shape index (κ2) is 6.02. The normalized spacial score (nSPS) is 18.7. The Hall–Kier alpha value is -0.680. The first-order valence-corrected chi connectivity index (χ1v) is 5.62. The topological polar surface area (TPSA) is 55.6 Å². The number of hydrogen-bond donors (Lipinski definition) is 1. The minimum atomic E-state index is -0.147. The maximum atomic E-state index is 10.9. The molecule has 0 bridgehead atoms. The van der Waals surface area contributed by atoms with Gasteiger partial charge in [-0.15, -0.1) is 0 Å². The third kappa shape index (κ3) is 4.13. The van der Waals surface area contributed by atoms with Crippen molar-refractivity contribution in [3.8, 4) is 0 Å². The van der Waals surface area contributed by atoms with E-state index in [4.69, 9.17) is 18.0 Å². The summed E-state index contributed by atoms with van der Waals surface area (Å²) >= 11 is 4.96. The van der Waals surface area contributed by atoms with Crippen molar-refractivity contribution >= 4 is 23.2 Å². The van der Waals surface area contributed by atoms with Gasteiger partial charge in [-0.2, -0.15) is 0 Å². The third-order valence-corrected chi connectivity index (χ3v) is 3.18. The molecule has 1 fully saturated rings. The zero-order valence-corrected chi connectivity index (χ0v) is 9.89. The fraction of sp³-hybridized carbons (Fsp3) is 0.800. The zero-order chi connectivity index (χ0) is 11.3. The van der Waals surface area contributed by atoms with Crippen LogP contribution in [-0.4, -0.2) is 42.6 Å². The summed E-state index contributed by atoms with van der Waals surface area (Å²) in [6.07, 6.45) is 2.49. The molecule has 0 atom stereocenters. The molecule has 1 aliphatic heterocycles. The van der Waals surface area contributed by atoms with E-state index in [0.29, 0.717) is 17.3 Å². The number of likely N-dealkylation sites (tertiary alicyclic amines) is 1. The second-order valence-corrected chi connectivity index (χ2v) is 4.32. The number of hydrogen-bond acceptors (Lipinski definition) is 4. The van der Waals surface area contributed by atoms with Crippen LogP contribution in [0.5, 0.6) is 0 Å². The average molecular weight is 230 g/mol. The highest BCUT2D eigenvalue weighted by atomic mass is 32.1. The summed E-state index contributed by atoms with van der Waals surface area (Å²) in [5, 5.41) is 0. The Morgan fingerprint density at radius 3 is 2.60 bits per heavy atom. The van der Waals surface area contributed by atoms with Crippen molar-refractivity contribution in [1.29, 1.82) is 0 Å². The van der Waals surface area contributed by atoms with Crippen LogP contribution in [0.3, 0.4) is 0 Å². The van der Waals surface area contributed by atoms with E-state index in [1.165, 1.54) is 7.11 Å². The van der Waals surface area contributed by atoms with Crippen molar-refractivity contribution in [3.05, 3.63) is 0 Å². The van der Waals surface area contributed by atoms with Gasteiger partial charge in [0, 0.05) is 12.5 Å². The Bertz CT molecular complexity index is 238. The van der Waals surface area contributed by atoms with E-state index in [1.807, 2.05) is 0 Å². The van der Waals surface area contributed by atoms with Gasteiger partial charge in [0.1, 0.15) is 0 Å². The van der Waals surface area contributed by atoms with Gasteiger partial charge in [0.15, 0.2) is 0 Å². The van der Waals surface area contributed by atoms with Gasteiger partial charge < -0.3 is 15.4 Å². The van der Waals surface area contributed by atoms with Crippen LogP contribution in [0.4, 0.5) is 0 Å². The summed E-state index contributed by atoms with van der Waals surface area (Å²) in [5.41, 5.74) is 5.60. The smallest absolute Gasteiger partial charge is 0.306 e. The van der Waals surface area contributed by atoms with E-state index < -0.39 is 0 Å². The number of nitrogens with zero attached hydrogens (tertiary/aromatic N) is 1. The van der Waals surface area contributed by atoms with Crippen LogP contribution in [0, 0.1) is 5.92 Å². The Balaban J connectivity index is 2.20. The molecule has 0 aliphatic carbocycles. The summed E-state index contributed by atoms with van der Waals surface area (Å²) in [4.78, 5) is 13.8. The van der Waals surface area contributed by atoms with Crippen LogP contribution in [0.25, 0.3) is 0 Å². The fourth-order valence-electron chi connectivity index (χ4n) is 1.79. The molecule has 5 heteroatoms. The van der Waals surface area contributed by atoms with Crippen molar-refractivity contribution < 1.29 is 9.53 Å². The van der Waals surface area contributed by atoms with Gasteiger partial charge in [-0.25, -0.2) is 0 Å². The molecule has 1 saturated heterocycles. The van der Waals surface area contributed by atoms with Gasteiger partial charge in [-0.3, -0.25) is 4.79 Å². The number of piperidine rings is 1. The largest absolute Gasteiger partial charge is 0.469 e. The molecule has 0 saturated carbocycles. The highest BCUT2D eigenvalue weighted by Crippen LogP contribution is 2.17. The van der Waals surface area contributed by atoms with E-state index in [-0.39, 0.29) is 5.97 Å². The van der Waals surface area contributed by atoms with Crippen molar-refractivity contribution in [2.75, 3.05) is 26.7 Å². The molecule has 0 spiro atoms. The van der Waals surface area contributed by atoms with Crippen molar-refractivity contribution in [2.45, 2.75) is 19.3 Å². The average Bonchev–Trinajstić information content (AvgIpc) is 2.26. The van der Waals surface area contributed by atoms with Crippen LogP contribution < -0.4 is 5.73 Å². The molecular formula is C10H18N2O2S. The number of methoxy groups -OCH3 is 1. The fourth-order valence-corrected chi connectivity index (χ4v) is 2.03. The molecule has 0 aromatic rings. The van der Waals surface area contributed by atoms with Gasteiger partial charge in [0.2, 0.25) is 0 Å². The van der Waals surface area contributed by atoms with E-state index in [1.54, 1.807) is 0 Å². The van der Waals surface area contributed by atoms with Crippen molar-refractivity contribution in [2.24, 2.45) is 11.7 Å². The number of ether oxygens (including phenoxy) is 1. The first kappa shape index (κ1) is 12.4. The van der Waals surface area contributed by atoms with E-state index in [9.17, 15) is 4.79 Å². The monoisotopic (exact) mass is 230 g/mol. The summed E-state index contributed by atoms with van der Waals surface area (Å²) in [6.45, 7) is 2.72. The van der Waals surface area contributed by atoms with Crippen LogP contribution >= 0.6 is 12.2 Å². The van der Waals surface area contributed by atoms with Crippen LogP contribution in [0.1, 0.15) is 19.3 Å². The molecule has 0 amide bonds. The van der Waals surface area contributed by atoms with E-state index >= 15 is 0 Å². The van der Waals surface area contributed by atoms with Gasteiger partial charge >= 0.3 is 5.97 Å². The lowest BCUT2D eigenvalue weighted by Crippen LogP contribution is -2.38. The molecule has 2 N–H and O–H groups in total. The maximum Gasteiger partial charge on any atom is 0.306 e. The number of nitrogens with two attached hydrogens (primary N) is 1. The Morgan fingerprint density at radius 1 is 1.53 bits per heavy atom. The number of carbonyl (C=O) groups is 1. The summed E-state index contributed by atoms with van der Waals surface area (Å²) in [6, 6.07) is 0. The Morgan fingerprint density at radius 2 is 2.13 bits per heavy atom. The van der Waals surface area contributed by atoms with Crippen LogP contribution in [0.2, 0.25) is 0 Å². The SMILES string of the molecule is COC(=O)CCN1CCC(C(N)=S)CC1. The molecule has 0 aromatic carbocycles. The Kier molecular flexibility index (Phi) is 4.98. The van der Waals surface area contributed by atoms with Gasteiger partial charge in [0.05, 0.1) is 18.5 Å². The zero-order valence-electron chi connectivity index (χ0n) is 9.07. The lowest BCUT2D eigenvalue weighted by Gasteiger charge is -2.30. The van der Waals surface area contributed by atoms with Gasteiger partial charge in [-0.05, 0) is 25.9 Å². The Labute approximate surface area is 95.8 Å². The predicted molar refractivity (Wildman–Crippen MR) is 62.6 cm³/mol. The summed E-state index contributed by atoms with van der Waals surface area (Å²) < 4.78 is 4.59. The summed E-state index contributed by atoms with van der Waals surface area (Å²) in [7, 11) is 1.42. The second-order valence-electron chi connectivity index (χ2n) is 3.84. The van der Waals surface area contributed by atoms with Crippen LogP contribution in [-0.2, 0) is 9.53 Å². The van der Waals surface area contributed by atoms with Gasteiger partial charge in [0.25, 0.3) is 0 Å². The minimum Gasteiger partial charge on any atom is -0.469 e. The molecule has 1 heterocycles. The standard InChI is InChI=1S/C10H18N2O2S/c1-14-9(13)4-7-12-5-2-8(3-6-12)10(11)15/h8H,2-7H2,1H3,(H2,11,15). The molecule has 0 unspecified atom stereocenters. The van der Waals surface area contributed by atoms with E-state index in [0.717, 1.165) is 32.5 Å². The minimum absolute atomic E-state index is 0.147. The molecule has 1 rings (SSSR count). The number of carbonyl (C=O) groups excluding carboxylic acids is 1. The molecule has 0 radical (unpaired) electrons. The van der Waals surface area contributed by atoms with E-state index in [2.05, 4.69) is 9.64 Å². The first-order chi connectivity index (χ1) is 7.13. The molecular weight excluding hydrogens is 212 g/mol.